The van der Waals surface area contributed by atoms with Gasteiger partial charge in [-0.3, -0.25) is 9.59 Å². The van der Waals surface area contributed by atoms with Gasteiger partial charge in [-0.1, -0.05) is 30.3 Å². The van der Waals surface area contributed by atoms with Gasteiger partial charge < -0.3 is 14.8 Å². The summed E-state index contributed by atoms with van der Waals surface area (Å²) in [4.78, 5) is 33.5. The Morgan fingerprint density at radius 2 is 1.80 bits per heavy atom. The second-order valence-electron chi connectivity index (χ2n) is 4.03. The molecule has 6 nitrogen and oxygen atoms in total. The number of Topliss-reactive ketones (excluding diaryl/α,β-unsaturated/α-hetero) is 1. The molecule has 0 heterocycles. The molecule has 1 aromatic carbocycles. The molecule has 0 aliphatic heterocycles. The van der Waals surface area contributed by atoms with Crippen LogP contribution in [0.3, 0.4) is 0 Å². The molecule has 0 saturated heterocycles. The normalized spacial score (nSPS) is 9.65. The fourth-order valence-corrected chi connectivity index (χ4v) is 1.38. The predicted octanol–water partition coefficient (Wildman–Crippen LogP) is 1.44. The van der Waals surface area contributed by atoms with E-state index in [0.29, 0.717) is 0 Å². The van der Waals surface area contributed by atoms with Crippen molar-refractivity contribution in [2.24, 2.45) is 0 Å². The average molecular weight is 279 g/mol. The number of carbonyl (C=O) groups is 3. The summed E-state index contributed by atoms with van der Waals surface area (Å²) < 4.78 is 9.34. The van der Waals surface area contributed by atoms with E-state index >= 15 is 0 Å². The van der Waals surface area contributed by atoms with Crippen molar-refractivity contribution >= 4 is 17.8 Å². The molecule has 108 valence electrons. The van der Waals surface area contributed by atoms with Crippen LogP contribution in [0.1, 0.15) is 18.4 Å². The van der Waals surface area contributed by atoms with Crippen LogP contribution in [0.15, 0.2) is 30.3 Å². The van der Waals surface area contributed by atoms with Crippen molar-refractivity contribution in [1.82, 2.24) is 5.32 Å². The lowest BCUT2D eigenvalue weighted by atomic mass is 10.2. The summed E-state index contributed by atoms with van der Waals surface area (Å²) in [7, 11) is 1.26. The SMILES string of the molecule is COC(=O)CCC(=O)CNC(=O)OCc1ccccc1. The molecule has 1 rings (SSSR count). The van der Waals surface area contributed by atoms with Crippen molar-refractivity contribution in [2.45, 2.75) is 19.4 Å². The number of carbonyl (C=O) groups excluding carboxylic acids is 3. The highest BCUT2D eigenvalue weighted by Crippen LogP contribution is 2.00. The number of hydrogen-bond acceptors (Lipinski definition) is 5. The highest BCUT2D eigenvalue weighted by atomic mass is 16.5. The van der Waals surface area contributed by atoms with E-state index in [1.54, 1.807) is 0 Å². The Balaban J connectivity index is 2.16. The average Bonchev–Trinajstić information content (AvgIpc) is 2.49. The van der Waals surface area contributed by atoms with Gasteiger partial charge in [0.05, 0.1) is 20.1 Å². The number of amides is 1. The molecule has 0 aromatic heterocycles. The molecule has 0 aliphatic carbocycles. The van der Waals surface area contributed by atoms with E-state index in [1.165, 1.54) is 7.11 Å². The zero-order valence-electron chi connectivity index (χ0n) is 11.3. The summed E-state index contributed by atoms with van der Waals surface area (Å²) in [5.41, 5.74) is 0.861. The smallest absolute Gasteiger partial charge is 0.407 e. The summed E-state index contributed by atoms with van der Waals surface area (Å²) in [6.45, 7) is -0.0202. The molecule has 0 radical (unpaired) electrons. The zero-order chi connectivity index (χ0) is 14.8. The Bertz CT molecular complexity index is 458. The molecule has 0 fully saturated rings. The van der Waals surface area contributed by atoms with Gasteiger partial charge in [0.1, 0.15) is 6.61 Å². The molecule has 0 bridgehead atoms. The Kier molecular flexibility index (Phi) is 6.81. The van der Waals surface area contributed by atoms with Crippen molar-refractivity contribution in [2.75, 3.05) is 13.7 Å². The fraction of sp³-hybridized carbons (Fsp3) is 0.357. The third-order valence-corrected chi connectivity index (χ3v) is 2.48. The standard InChI is InChI=1S/C14H17NO5/c1-19-13(17)8-7-12(16)9-15-14(18)20-10-11-5-3-2-4-6-11/h2-6H,7-10H2,1H3,(H,15,18). The van der Waals surface area contributed by atoms with Gasteiger partial charge in [0.2, 0.25) is 0 Å². The Morgan fingerprint density at radius 3 is 2.45 bits per heavy atom. The molecule has 1 aromatic rings. The summed E-state index contributed by atoms with van der Waals surface area (Å²) in [5, 5.41) is 2.33. The van der Waals surface area contributed by atoms with Crippen molar-refractivity contribution < 1.29 is 23.9 Å². The van der Waals surface area contributed by atoms with E-state index in [0.717, 1.165) is 5.56 Å². The summed E-state index contributed by atoms with van der Waals surface area (Å²) in [6.07, 6.45) is -0.623. The first-order valence-electron chi connectivity index (χ1n) is 6.15. The maximum absolute atomic E-state index is 11.4. The Labute approximate surface area is 117 Å². The topological polar surface area (TPSA) is 81.7 Å². The molecule has 0 atom stereocenters. The van der Waals surface area contributed by atoms with Crippen molar-refractivity contribution in [3.63, 3.8) is 0 Å². The number of methoxy groups -OCH3 is 1. The van der Waals surface area contributed by atoms with Crippen LogP contribution >= 0.6 is 0 Å². The Hall–Kier alpha value is -2.37. The van der Waals surface area contributed by atoms with Crippen LogP contribution in [0, 0.1) is 0 Å². The van der Waals surface area contributed by atoms with Crippen LogP contribution in [0.25, 0.3) is 0 Å². The highest BCUT2D eigenvalue weighted by molar-refractivity contribution is 5.86. The van der Waals surface area contributed by atoms with Gasteiger partial charge in [-0.25, -0.2) is 4.79 Å². The van der Waals surface area contributed by atoms with Crippen molar-refractivity contribution in [3.05, 3.63) is 35.9 Å². The van der Waals surface area contributed by atoms with Crippen molar-refractivity contribution in [3.8, 4) is 0 Å². The fourth-order valence-electron chi connectivity index (χ4n) is 1.38. The molecule has 20 heavy (non-hydrogen) atoms. The summed E-state index contributed by atoms with van der Waals surface area (Å²) in [5.74, 6) is -0.711. The number of nitrogens with one attached hydrogen (secondary N) is 1. The minimum atomic E-state index is -0.666. The van der Waals surface area contributed by atoms with Crippen LogP contribution in [0.5, 0.6) is 0 Å². The molecular formula is C14H17NO5. The minimum Gasteiger partial charge on any atom is -0.469 e. The van der Waals surface area contributed by atoms with Gasteiger partial charge in [-0.2, -0.15) is 0 Å². The molecule has 1 amide bonds. The number of alkyl carbamates (subject to hydrolysis) is 1. The number of esters is 1. The molecule has 0 aliphatic rings. The lowest BCUT2D eigenvalue weighted by Crippen LogP contribution is -2.30. The third-order valence-electron chi connectivity index (χ3n) is 2.48. The second-order valence-corrected chi connectivity index (χ2v) is 4.03. The molecule has 0 saturated carbocycles. The maximum atomic E-state index is 11.4. The van der Waals surface area contributed by atoms with Gasteiger partial charge in [-0.15, -0.1) is 0 Å². The molecule has 0 unspecified atom stereocenters. The van der Waals surface area contributed by atoms with Gasteiger partial charge in [0.25, 0.3) is 0 Å². The second kappa shape index (κ2) is 8.68. The molecule has 1 N–H and O–H groups in total. The Morgan fingerprint density at radius 1 is 1.10 bits per heavy atom. The van der Waals surface area contributed by atoms with Crippen LogP contribution in [0.4, 0.5) is 4.79 Å². The van der Waals surface area contributed by atoms with E-state index in [9.17, 15) is 14.4 Å². The molecular weight excluding hydrogens is 262 g/mol. The van der Waals surface area contributed by atoms with E-state index in [4.69, 9.17) is 4.74 Å². The summed E-state index contributed by atoms with van der Waals surface area (Å²) in [6, 6.07) is 9.20. The number of ketones is 1. The van der Waals surface area contributed by atoms with Gasteiger partial charge in [0.15, 0.2) is 5.78 Å². The maximum Gasteiger partial charge on any atom is 0.407 e. The highest BCUT2D eigenvalue weighted by Gasteiger charge is 2.09. The number of hydrogen-bond donors (Lipinski definition) is 1. The van der Waals surface area contributed by atoms with Crippen LogP contribution < -0.4 is 5.32 Å². The first-order chi connectivity index (χ1) is 9.61. The minimum absolute atomic E-state index is 0.01000. The number of rotatable bonds is 7. The molecule has 0 spiro atoms. The van der Waals surface area contributed by atoms with Gasteiger partial charge in [-0.05, 0) is 5.56 Å². The van der Waals surface area contributed by atoms with E-state index < -0.39 is 12.1 Å². The van der Waals surface area contributed by atoms with Crippen LogP contribution in [-0.4, -0.2) is 31.5 Å². The third kappa shape index (κ3) is 6.53. The monoisotopic (exact) mass is 279 g/mol. The van der Waals surface area contributed by atoms with E-state index in [2.05, 4.69) is 10.1 Å². The predicted molar refractivity (Wildman–Crippen MR) is 70.9 cm³/mol. The van der Waals surface area contributed by atoms with Gasteiger partial charge >= 0.3 is 12.1 Å². The number of benzene rings is 1. The lowest BCUT2D eigenvalue weighted by Gasteiger charge is -2.06. The number of ether oxygens (including phenoxy) is 2. The quantitative estimate of drug-likeness (QED) is 0.764. The summed E-state index contributed by atoms with van der Waals surface area (Å²) >= 11 is 0. The van der Waals surface area contributed by atoms with E-state index in [1.807, 2.05) is 30.3 Å². The van der Waals surface area contributed by atoms with Gasteiger partial charge in [0, 0.05) is 6.42 Å². The van der Waals surface area contributed by atoms with Crippen molar-refractivity contribution in [1.29, 1.82) is 0 Å². The van der Waals surface area contributed by atoms with Crippen LogP contribution in [0.2, 0.25) is 0 Å². The largest absolute Gasteiger partial charge is 0.469 e. The first kappa shape index (κ1) is 15.7. The lowest BCUT2D eigenvalue weighted by molar-refractivity contribution is -0.141. The zero-order valence-corrected chi connectivity index (χ0v) is 11.3. The first-order valence-corrected chi connectivity index (χ1v) is 6.15. The van der Waals surface area contributed by atoms with E-state index in [-0.39, 0.29) is 31.8 Å². The van der Waals surface area contributed by atoms with Crippen LogP contribution in [-0.2, 0) is 25.7 Å². The molecule has 6 heteroatoms.